The van der Waals surface area contributed by atoms with Gasteiger partial charge in [0.2, 0.25) is 0 Å². The van der Waals surface area contributed by atoms with Crippen molar-refractivity contribution in [1.82, 2.24) is 5.32 Å². The number of anilines is 1. The maximum absolute atomic E-state index is 12.4. The van der Waals surface area contributed by atoms with E-state index in [1.165, 1.54) is 6.92 Å². The first kappa shape index (κ1) is 23.7. The van der Waals surface area contributed by atoms with Crippen LogP contribution < -0.4 is 15.4 Å². The third-order valence-electron chi connectivity index (χ3n) is 5.26. The predicted molar refractivity (Wildman–Crippen MR) is 129 cm³/mol. The zero-order chi connectivity index (χ0) is 24.8. The molecule has 3 aromatic rings. The van der Waals surface area contributed by atoms with Crippen LogP contribution in [0.3, 0.4) is 0 Å². The van der Waals surface area contributed by atoms with Gasteiger partial charge in [-0.25, -0.2) is 4.79 Å². The highest BCUT2D eigenvalue weighted by Crippen LogP contribution is 2.24. The molecular formula is C27H24N2O6. The number of benzene rings is 3. The molecule has 1 aliphatic carbocycles. The van der Waals surface area contributed by atoms with Crippen LogP contribution >= 0.6 is 0 Å². The highest BCUT2D eigenvalue weighted by molar-refractivity contribution is 6.04. The van der Waals surface area contributed by atoms with Gasteiger partial charge in [0.25, 0.3) is 11.8 Å². The van der Waals surface area contributed by atoms with Crippen LogP contribution in [0.4, 0.5) is 5.69 Å². The number of carbonyl (C=O) groups is 4. The highest BCUT2D eigenvalue weighted by atomic mass is 16.5. The van der Waals surface area contributed by atoms with E-state index in [4.69, 9.17) is 9.47 Å². The molecule has 35 heavy (non-hydrogen) atoms. The van der Waals surface area contributed by atoms with Crippen molar-refractivity contribution in [2.24, 2.45) is 0 Å². The number of ether oxygens (including phenoxy) is 2. The average molecular weight is 472 g/mol. The lowest BCUT2D eigenvalue weighted by atomic mass is 10.0. The van der Waals surface area contributed by atoms with E-state index in [0.717, 1.165) is 24.0 Å². The van der Waals surface area contributed by atoms with E-state index in [2.05, 4.69) is 10.6 Å². The summed E-state index contributed by atoms with van der Waals surface area (Å²) in [7, 11) is 0. The first-order valence-electron chi connectivity index (χ1n) is 11.1. The standard InChI is InChI=1S/C27H24N2O6/c1-17(30)35-22-14-10-19(11-15-22)18-6-8-20(9-7-18)27(33)34-16-25(31)29-24-5-3-2-4-23(24)26(32)28-21-12-13-21/h2-11,14-15,21H,12-13,16H2,1H3,(H,28,32)(H,29,31). The second kappa shape index (κ2) is 10.6. The Labute approximate surface area is 202 Å². The number of amides is 2. The van der Waals surface area contributed by atoms with Crippen molar-refractivity contribution < 1.29 is 28.7 Å². The fraction of sp³-hybridized carbons (Fsp3) is 0.185. The van der Waals surface area contributed by atoms with Crippen LogP contribution in [0, 0.1) is 0 Å². The third kappa shape index (κ3) is 6.54. The fourth-order valence-corrected chi connectivity index (χ4v) is 3.36. The lowest BCUT2D eigenvalue weighted by molar-refractivity contribution is -0.131. The molecule has 0 heterocycles. The van der Waals surface area contributed by atoms with Gasteiger partial charge in [-0.1, -0.05) is 36.4 Å². The van der Waals surface area contributed by atoms with Crippen molar-refractivity contribution >= 4 is 29.4 Å². The Hall–Kier alpha value is -4.46. The molecule has 8 heteroatoms. The van der Waals surface area contributed by atoms with Crippen LogP contribution in [0.25, 0.3) is 11.1 Å². The largest absolute Gasteiger partial charge is 0.452 e. The Morgan fingerprint density at radius 3 is 2.11 bits per heavy atom. The van der Waals surface area contributed by atoms with Gasteiger partial charge >= 0.3 is 11.9 Å². The van der Waals surface area contributed by atoms with E-state index in [9.17, 15) is 19.2 Å². The first-order valence-corrected chi connectivity index (χ1v) is 11.1. The molecule has 3 aromatic carbocycles. The molecule has 0 atom stereocenters. The summed E-state index contributed by atoms with van der Waals surface area (Å²) in [6, 6.07) is 20.6. The van der Waals surface area contributed by atoms with E-state index in [1.807, 2.05) is 0 Å². The molecule has 1 fully saturated rings. The molecule has 0 saturated heterocycles. The molecule has 0 bridgehead atoms. The summed E-state index contributed by atoms with van der Waals surface area (Å²) in [5.41, 5.74) is 2.74. The minimum atomic E-state index is -0.642. The van der Waals surface area contributed by atoms with Crippen molar-refractivity contribution in [2.45, 2.75) is 25.8 Å². The van der Waals surface area contributed by atoms with Crippen LogP contribution in [-0.2, 0) is 14.3 Å². The topological polar surface area (TPSA) is 111 Å². The van der Waals surface area contributed by atoms with Crippen molar-refractivity contribution in [2.75, 3.05) is 11.9 Å². The number of hydrogen-bond donors (Lipinski definition) is 2. The summed E-state index contributed by atoms with van der Waals surface area (Å²) in [5, 5.41) is 5.52. The van der Waals surface area contributed by atoms with Crippen LogP contribution in [-0.4, -0.2) is 36.4 Å². The lowest BCUT2D eigenvalue weighted by Crippen LogP contribution is -2.28. The number of hydrogen-bond acceptors (Lipinski definition) is 6. The lowest BCUT2D eigenvalue weighted by Gasteiger charge is -2.11. The Morgan fingerprint density at radius 2 is 1.49 bits per heavy atom. The number of esters is 2. The summed E-state index contributed by atoms with van der Waals surface area (Å²) >= 11 is 0. The Balaban J connectivity index is 1.31. The zero-order valence-electron chi connectivity index (χ0n) is 19.1. The van der Waals surface area contributed by atoms with Gasteiger partial charge in [0, 0.05) is 13.0 Å². The zero-order valence-corrected chi connectivity index (χ0v) is 19.1. The molecule has 0 spiro atoms. The molecule has 4 rings (SSSR count). The molecular weight excluding hydrogens is 448 g/mol. The molecule has 1 aliphatic rings. The molecule has 0 radical (unpaired) electrons. The van der Waals surface area contributed by atoms with Gasteiger partial charge < -0.3 is 20.1 Å². The van der Waals surface area contributed by atoms with E-state index in [1.54, 1.807) is 72.8 Å². The minimum absolute atomic E-state index is 0.193. The van der Waals surface area contributed by atoms with Gasteiger partial charge in [0.15, 0.2) is 6.61 Å². The van der Waals surface area contributed by atoms with E-state index in [-0.39, 0.29) is 11.9 Å². The monoisotopic (exact) mass is 472 g/mol. The van der Waals surface area contributed by atoms with Crippen LogP contribution in [0.2, 0.25) is 0 Å². The molecule has 2 amide bonds. The van der Waals surface area contributed by atoms with E-state index in [0.29, 0.717) is 22.6 Å². The number of rotatable bonds is 8. The van der Waals surface area contributed by atoms with Gasteiger partial charge in [-0.3, -0.25) is 14.4 Å². The second-order valence-corrected chi connectivity index (χ2v) is 8.11. The molecule has 0 unspecified atom stereocenters. The third-order valence-corrected chi connectivity index (χ3v) is 5.26. The van der Waals surface area contributed by atoms with Crippen LogP contribution in [0.1, 0.15) is 40.5 Å². The second-order valence-electron chi connectivity index (χ2n) is 8.11. The van der Waals surface area contributed by atoms with Gasteiger partial charge in [-0.15, -0.1) is 0 Å². The summed E-state index contributed by atoms with van der Waals surface area (Å²) in [6.07, 6.45) is 1.92. The maximum atomic E-state index is 12.4. The summed E-state index contributed by atoms with van der Waals surface area (Å²) in [4.78, 5) is 48.1. The molecule has 2 N–H and O–H groups in total. The minimum Gasteiger partial charge on any atom is -0.452 e. The van der Waals surface area contributed by atoms with Crippen molar-refractivity contribution in [3.63, 3.8) is 0 Å². The Morgan fingerprint density at radius 1 is 0.857 bits per heavy atom. The van der Waals surface area contributed by atoms with E-state index >= 15 is 0 Å². The summed E-state index contributed by atoms with van der Waals surface area (Å²) in [6.45, 7) is 0.847. The molecule has 0 aromatic heterocycles. The summed E-state index contributed by atoms with van der Waals surface area (Å²) < 4.78 is 10.2. The smallest absolute Gasteiger partial charge is 0.338 e. The van der Waals surface area contributed by atoms with Gasteiger partial charge in [0.1, 0.15) is 5.75 Å². The van der Waals surface area contributed by atoms with Crippen molar-refractivity contribution in [3.05, 3.63) is 83.9 Å². The first-order chi connectivity index (χ1) is 16.9. The van der Waals surface area contributed by atoms with Gasteiger partial charge in [-0.05, 0) is 60.4 Å². The van der Waals surface area contributed by atoms with Crippen molar-refractivity contribution in [3.8, 4) is 16.9 Å². The van der Waals surface area contributed by atoms with Crippen molar-refractivity contribution in [1.29, 1.82) is 0 Å². The molecule has 1 saturated carbocycles. The predicted octanol–water partition coefficient (Wildman–Crippen LogP) is 3.97. The Bertz CT molecular complexity index is 1250. The quantitative estimate of drug-likeness (QED) is 0.379. The molecule has 178 valence electrons. The average Bonchev–Trinajstić information content (AvgIpc) is 3.67. The SMILES string of the molecule is CC(=O)Oc1ccc(-c2ccc(C(=O)OCC(=O)Nc3ccccc3C(=O)NC3CC3)cc2)cc1. The van der Waals surface area contributed by atoms with Crippen LogP contribution in [0.5, 0.6) is 5.75 Å². The van der Waals surface area contributed by atoms with E-state index < -0.39 is 24.5 Å². The van der Waals surface area contributed by atoms with Gasteiger partial charge in [0.05, 0.1) is 16.8 Å². The number of carbonyl (C=O) groups excluding carboxylic acids is 4. The van der Waals surface area contributed by atoms with Crippen LogP contribution in [0.15, 0.2) is 72.8 Å². The number of nitrogens with one attached hydrogen (secondary N) is 2. The fourth-order valence-electron chi connectivity index (χ4n) is 3.36. The maximum Gasteiger partial charge on any atom is 0.338 e. The summed E-state index contributed by atoms with van der Waals surface area (Å²) in [5.74, 6) is -1.38. The van der Waals surface area contributed by atoms with Gasteiger partial charge in [-0.2, -0.15) is 0 Å². The molecule has 8 nitrogen and oxygen atoms in total. The highest BCUT2D eigenvalue weighted by Gasteiger charge is 2.25. The normalized spacial score (nSPS) is 12.4. The molecule has 0 aliphatic heterocycles. The Kier molecular flexibility index (Phi) is 7.21. The number of para-hydroxylation sites is 1.